The van der Waals surface area contributed by atoms with Crippen LogP contribution in [-0.4, -0.2) is 34.5 Å². The molecule has 3 aromatic heterocycles. The molecule has 24 heavy (non-hydrogen) atoms. The van der Waals surface area contributed by atoms with Crippen molar-refractivity contribution in [1.29, 1.82) is 0 Å². The number of pyridine rings is 1. The molecule has 3 aromatic rings. The molecule has 0 aliphatic rings. The molecule has 3 heterocycles. The zero-order valence-electron chi connectivity index (χ0n) is 13.0. The molecule has 0 fully saturated rings. The van der Waals surface area contributed by atoms with Crippen LogP contribution in [-0.2, 0) is 4.74 Å². The molecule has 0 aliphatic carbocycles. The highest BCUT2D eigenvalue weighted by Gasteiger charge is 2.17. The highest BCUT2D eigenvalue weighted by molar-refractivity contribution is 5.89. The minimum Gasteiger partial charge on any atom is -0.467 e. The van der Waals surface area contributed by atoms with Crippen molar-refractivity contribution in [2.45, 2.75) is 6.04 Å². The largest absolute Gasteiger partial charge is 0.467 e. The summed E-state index contributed by atoms with van der Waals surface area (Å²) in [7, 11) is 1.56. The molecule has 1 atom stereocenters. The van der Waals surface area contributed by atoms with E-state index in [0.717, 1.165) is 0 Å². The minimum absolute atomic E-state index is 0.300. The number of carbonyl (C=O) groups is 1. The number of aromatic nitrogens is 3. The molecule has 2 amide bonds. The van der Waals surface area contributed by atoms with Crippen molar-refractivity contribution in [3.05, 3.63) is 60.9 Å². The SMILES string of the molecule is COC[C@@H](NC(=O)Nc1cnn(-c2ccccn2)c1)c1ccco1. The van der Waals surface area contributed by atoms with Gasteiger partial charge < -0.3 is 19.8 Å². The van der Waals surface area contributed by atoms with Gasteiger partial charge in [-0.25, -0.2) is 14.5 Å². The number of ether oxygens (including phenoxy) is 1. The lowest BCUT2D eigenvalue weighted by molar-refractivity contribution is 0.159. The van der Waals surface area contributed by atoms with Crippen LogP contribution in [0.2, 0.25) is 0 Å². The van der Waals surface area contributed by atoms with E-state index in [2.05, 4.69) is 20.7 Å². The maximum absolute atomic E-state index is 12.2. The highest BCUT2D eigenvalue weighted by Crippen LogP contribution is 2.14. The number of nitrogens with one attached hydrogen (secondary N) is 2. The predicted octanol–water partition coefficient (Wildman–Crippen LogP) is 2.37. The molecule has 2 N–H and O–H groups in total. The maximum atomic E-state index is 12.2. The predicted molar refractivity (Wildman–Crippen MR) is 86.8 cm³/mol. The Morgan fingerprint density at radius 1 is 1.38 bits per heavy atom. The van der Waals surface area contributed by atoms with Crippen molar-refractivity contribution in [1.82, 2.24) is 20.1 Å². The standard InChI is InChI=1S/C16H17N5O3/c1-23-11-13(14-5-4-8-24-14)20-16(22)19-12-9-18-21(10-12)15-6-2-3-7-17-15/h2-10,13H,11H2,1H3,(H2,19,20,22)/t13-/m1/s1. The lowest BCUT2D eigenvalue weighted by atomic mass is 10.2. The molecule has 0 saturated carbocycles. The topological polar surface area (TPSA) is 94.2 Å². The summed E-state index contributed by atoms with van der Waals surface area (Å²) in [5.41, 5.74) is 0.550. The van der Waals surface area contributed by atoms with Crippen molar-refractivity contribution in [2.75, 3.05) is 19.0 Å². The molecule has 3 rings (SSSR count). The molecule has 0 aromatic carbocycles. The molecule has 0 bridgehead atoms. The molecular weight excluding hydrogens is 310 g/mol. The average molecular weight is 327 g/mol. The highest BCUT2D eigenvalue weighted by atomic mass is 16.5. The normalized spacial score (nSPS) is 11.9. The van der Waals surface area contributed by atoms with Gasteiger partial charge in [-0.05, 0) is 24.3 Å². The Balaban J connectivity index is 1.63. The zero-order chi connectivity index (χ0) is 16.8. The van der Waals surface area contributed by atoms with E-state index in [-0.39, 0.29) is 12.1 Å². The van der Waals surface area contributed by atoms with E-state index in [1.165, 1.54) is 0 Å². The number of hydrogen-bond acceptors (Lipinski definition) is 5. The van der Waals surface area contributed by atoms with Crippen molar-refractivity contribution < 1.29 is 13.9 Å². The first-order chi connectivity index (χ1) is 11.8. The smallest absolute Gasteiger partial charge is 0.320 e. The second kappa shape index (κ2) is 7.42. The molecule has 0 radical (unpaired) electrons. The van der Waals surface area contributed by atoms with E-state index >= 15 is 0 Å². The summed E-state index contributed by atoms with van der Waals surface area (Å²) >= 11 is 0. The first-order valence-corrected chi connectivity index (χ1v) is 7.32. The summed E-state index contributed by atoms with van der Waals surface area (Å²) in [5.74, 6) is 1.29. The Morgan fingerprint density at radius 3 is 3.00 bits per heavy atom. The quantitative estimate of drug-likeness (QED) is 0.725. The third kappa shape index (κ3) is 3.79. The van der Waals surface area contributed by atoms with Gasteiger partial charge in [0.15, 0.2) is 5.82 Å². The van der Waals surface area contributed by atoms with Crippen LogP contribution in [0.5, 0.6) is 0 Å². The van der Waals surface area contributed by atoms with Crippen LogP contribution in [0.25, 0.3) is 5.82 Å². The summed E-state index contributed by atoms with van der Waals surface area (Å²) in [6, 6.07) is 8.29. The number of amides is 2. The number of hydrogen-bond donors (Lipinski definition) is 2. The van der Waals surface area contributed by atoms with E-state index in [0.29, 0.717) is 23.9 Å². The van der Waals surface area contributed by atoms with Crippen molar-refractivity contribution >= 4 is 11.7 Å². The first-order valence-electron chi connectivity index (χ1n) is 7.32. The number of carbonyl (C=O) groups excluding carboxylic acids is 1. The Kier molecular flexibility index (Phi) is 4.87. The molecule has 0 unspecified atom stereocenters. The van der Waals surface area contributed by atoms with Gasteiger partial charge in [-0.1, -0.05) is 6.07 Å². The van der Waals surface area contributed by atoms with E-state index < -0.39 is 0 Å². The van der Waals surface area contributed by atoms with Crippen molar-refractivity contribution in [2.24, 2.45) is 0 Å². The molecule has 0 aliphatic heterocycles. The molecule has 0 spiro atoms. The number of rotatable bonds is 6. The number of methoxy groups -OCH3 is 1. The van der Waals surface area contributed by atoms with E-state index in [1.807, 2.05) is 18.2 Å². The van der Waals surface area contributed by atoms with Gasteiger partial charge in [0.1, 0.15) is 11.8 Å². The maximum Gasteiger partial charge on any atom is 0.320 e. The van der Waals surface area contributed by atoms with E-state index in [1.54, 1.807) is 48.8 Å². The van der Waals surface area contributed by atoms with E-state index in [4.69, 9.17) is 9.15 Å². The Labute approximate surface area is 138 Å². The summed E-state index contributed by atoms with van der Waals surface area (Å²) in [6.07, 6.45) is 6.45. The fraction of sp³-hybridized carbons (Fsp3) is 0.188. The van der Waals surface area contributed by atoms with Crippen LogP contribution < -0.4 is 10.6 Å². The minimum atomic E-state index is -0.381. The summed E-state index contributed by atoms with van der Waals surface area (Å²) < 4.78 is 12.0. The van der Waals surface area contributed by atoms with Gasteiger partial charge in [-0.2, -0.15) is 5.10 Å². The fourth-order valence-electron chi connectivity index (χ4n) is 2.18. The third-order valence-electron chi connectivity index (χ3n) is 3.25. The number of nitrogens with zero attached hydrogens (tertiary/aromatic N) is 3. The number of anilines is 1. The Bertz CT molecular complexity index is 770. The summed E-state index contributed by atoms with van der Waals surface area (Å²) in [5, 5.41) is 9.69. The first kappa shape index (κ1) is 15.8. The van der Waals surface area contributed by atoms with Gasteiger partial charge >= 0.3 is 6.03 Å². The molecule has 124 valence electrons. The Morgan fingerprint density at radius 2 is 2.29 bits per heavy atom. The van der Waals surface area contributed by atoms with Crippen LogP contribution in [0.3, 0.4) is 0 Å². The lowest BCUT2D eigenvalue weighted by Gasteiger charge is -2.15. The monoisotopic (exact) mass is 327 g/mol. The Hall–Kier alpha value is -3.13. The summed E-state index contributed by atoms with van der Waals surface area (Å²) in [6.45, 7) is 0.300. The van der Waals surface area contributed by atoms with Gasteiger partial charge in [0, 0.05) is 13.3 Å². The summed E-state index contributed by atoms with van der Waals surface area (Å²) in [4.78, 5) is 16.4. The number of furan rings is 1. The molecule has 8 nitrogen and oxygen atoms in total. The van der Waals surface area contributed by atoms with Gasteiger partial charge in [-0.15, -0.1) is 0 Å². The van der Waals surface area contributed by atoms with Crippen LogP contribution >= 0.6 is 0 Å². The fourth-order valence-corrected chi connectivity index (χ4v) is 2.18. The lowest BCUT2D eigenvalue weighted by Crippen LogP contribution is -2.34. The second-order valence-electron chi connectivity index (χ2n) is 4.98. The number of urea groups is 1. The van der Waals surface area contributed by atoms with Crippen LogP contribution in [0.4, 0.5) is 10.5 Å². The van der Waals surface area contributed by atoms with Crippen LogP contribution in [0, 0.1) is 0 Å². The van der Waals surface area contributed by atoms with E-state index in [9.17, 15) is 4.79 Å². The van der Waals surface area contributed by atoms with Crippen molar-refractivity contribution in [3.63, 3.8) is 0 Å². The average Bonchev–Trinajstić information content (AvgIpc) is 3.27. The van der Waals surface area contributed by atoms with Gasteiger partial charge in [0.25, 0.3) is 0 Å². The van der Waals surface area contributed by atoms with Crippen LogP contribution in [0.15, 0.2) is 59.6 Å². The molecule has 0 saturated heterocycles. The third-order valence-corrected chi connectivity index (χ3v) is 3.25. The second-order valence-corrected chi connectivity index (χ2v) is 4.98. The van der Waals surface area contributed by atoms with Crippen LogP contribution in [0.1, 0.15) is 11.8 Å². The molecule has 8 heteroatoms. The van der Waals surface area contributed by atoms with Gasteiger partial charge in [0.2, 0.25) is 0 Å². The molecular formula is C16H17N5O3. The zero-order valence-corrected chi connectivity index (χ0v) is 13.0. The van der Waals surface area contributed by atoms with Gasteiger partial charge in [0.05, 0.1) is 31.0 Å². The van der Waals surface area contributed by atoms with Crippen molar-refractivity contribution in [3.8, 4) is 5.82 Å². The van der Waals surface area contributed by atoms with Gasteiger partial charge in [-0.3, -0.25) is 0 Å².